The number of likely N-dealkylation sites (tertiary alicyclic amines) is 1. The van der Waals surface area contributed by atoms with Crippen molar-refractivity contribution in [3.63, 3.8) is 0 Å². The van der Waals surface area contributed by atoms with Crippen molar-refractivity contribution in [2.45, 2.75) is 39.3 Å². The second-order valence-electron chi connectivity index (χ2n) is 6.60. The van der Waals surface area contributed by atoms with Crippen LogP contribution in [0.5, 0.6) is 0 Å². The summed E-state index contributed by atoms with van der Waals surface area (Å²) in [6, 6.07) is 0. The molecule has 3 atom stereocenters. The van der Waals surface area contributed by atoms with Crippen LogP contribution in [0.1, 0.15) is 28.8 Å². The lowest BCUT2D eigenvalue weighted by atomic mass is 9.83. The van der Waals surface area contributed by atoms with E-state index in [2.05, 4.69) is 27.0 Å². The molecule has 0 radical (unpaired) electrons. The van der Waals surface area contributed by atoms with Crippen LogP contribution in [-0.2, 0) is 17.7 Å². The topological polar surface area (TPSA) is 64.3 Å². The molecule has 4 rings (SSSR count). The van der Waals surface area contributed by atoms with Gasteiger partial charge in [0.1, 0.15) is 0 Å². The number of aryl methyl sites for hydroxylation is 2. The lowest BCUT2D eigenvalue weighted by Gasteiger charge is -2.35. The quantitative estimate of drug-likeness (QED) is 0.854. The van der Waals surface area contributed by atoms with E-state index in [1.807, 2.05) is 12.4 Å². The molecule has 2 saturated heterocycles. The summed E-state index contributed by atoms with van der Waals surface area (Å²) in [4.78, 5) is 8.29. The first-order valence-electron chi connectivity index (χ1n) is 8.21. The van der Waals surface area contributed by atoms with Gasteiger partial charge in [0.2, 0.25) is 11.8 Å². The second kappa shape index (κ2) is 6.30. The van der Waals surface area contributed by atoms with Crippen LogP contribution in [0, 0.1) is 25.7 Å². The molecule has 0 saturated carbocycles. The molecule has 2 aliphatic heterocycles. The fourth-order valence-corrected chi connectivity index (χ4v) is 4.61. The van der Waals surface area contributed by atoms with Gasteiger partial charge >= 0.3 is 0 Å². The molecule has 4 heterocycles. The first-order valence-corrected chi connectivity index (χ1v) is 9.09. The van der Waals surface area contributed by atoms with E-state index >= 15 is 0 Å². The van der Waals surface area contributed by atoms with E-state index in [4.69, 9.17) is 9.15 Å². The minimum Gasteiger partial charge on any atom is -0.425 e. The summed E-state index contributed by atoms with van der Waals surface area (Å²) in [5, 5.41) is 8.02. The Morgan fingerprint density at radius 1 is 1.35 bits per heavy atom. The number of rotatable bonds is 4. The Morgan fingerprint density at radius 2 is 2.26 bits per heavy atom. The van der Waals surface area contributed by atoms with Gasteiger partial charge in [-0.2, -0.15) is 0 Å². The fraction of sp³-hybridized carbons (Fsp3) is 0.688. The van der Waals surface area contributed by atoms with Gasteiger partial charge < -0.3 is 9.15 Å². The highest BCUT2D eigenvalue weighted by atomic mass is 32.1. The Bertz CT molecular complexity index is 671. The molecule has 2 aromatic rings. The number of hydrogen-bond donors (Lipinski definition) is 0. The van der Waals surface area contributed by atoms with Gasteiger partial charge in [-0.25, -0.2) is 4.98 Å². The third-order valence-electron chi connectivity index (χ3n) is 5.03. The molecular formula is C16H22N4O2S. The van der Waals surface area contributed by atoms with Crippen molar-refractivity contribution in [2.24, 2.45) is 11.8 Å². The zero-order valence-electron chi connectivity index (χ0n) is 13.6. The summed E-state index contributed by atoms with van der Waals surface area (Å²) in [7, 11) is 0. The monoisotopic (exact) mass is 334 g/mol. The molecule has 2 aliphatic rings. The summed E-state index contributed by atoms with van der Waals surface area (Å²) in [6.07, 6.45) is 2.16. The lowest BCUT2D eigenvalue weighted by molar-refractivity contribution is 0.0794. The number of hydrogen-bond acceptors (Lipinski definition) is 7. The van der Waals surface area contributed by atoms with Gasteiger partial charge in [-0.3, -0.25) is 4.90 Å². The Balaban J connectivity index is 1.36. The van der Waals surface area contributed by atoms with Gasteiger partial charge in [0.15, 0.2) is 0 Å². The van der Waals surface area contributed by atoms with Crippen molar-refractivity contribution in [1.29, 1.82) is 0 Å². The average molecular weight is 334 g/mol. The second-order valence-corrected chi connectivity index (χ2v) is 7.54. The third kappa shape index (κ3) is 3.18. The van der Waals surface area contributed by atoms with Crippen molar-refractivity contribution in [2.75, 3.05) is 19.7 Å². The van der Waals surface area contributed by atoms with Crippen LogP contribution in [0.15, 0.2) is 9.93 Å². The normalized spacial score (nSPS) is 28.2. The van der Waals surface area contributed by atoms with E-state index in [1.54, 1.807) is 11.3 Å². The van der Waals surface area contributed by atoms with E-state index in [9.17, 15) is 0 Å². The molecule has 0 N–H and O–H groups in total. The van der Waals surface area contributed by atoms with E-state index in [1.165, 1.54) is 17.0 Å². The molecule has 2 fully saturated rings. The summed E-state index contributed by atoms with van der Waals surface area (Å²) in [6.45, 7) is 8.03. The van der Waals surface area contributed by atoms with Crippen LogP contribution in [0.25, 0.3) is 0 Å². The molecule has 23 heavy (non-hydrogen) atoms. The van der Waals surface area contributed by atoms with Crippen LogP contribution >= 0.6 is 11.3 Å². The van der Waals surface area contributed by atoms with Gasteiger partial charge in [0, 0.05) is 30.8 Å². The molecule has 0 bridgehead atoms. The molecule has 0 aliphatic carbocycles. The molecule has 0 amide bonds. The smallest absolute Gasteiger partial charge is 0.219 e. The van der Waals surface area contributed by atoms with Gasteiger partial charge in [0.25, 0.3) is 0 Å². The van der Waals surface area contributed by atoms with Crippen molar-refractivity contribution in [1.82, 2.24) is 20.1 Å². The summed E-state index contributed by atoms with van der Waals surface area (Å²) < 4.78 is 11.6. The maximum Gasteiger partial charge on any atom is 0.219 e. The Labute approximate surface area is 139 Å². The molecule has 6 nitrogen and oxygen atoms in total. The van der Waals surface area contributed by atoms with Gasteiger partial charge in [-0.1, -0.05) is 0 Å². The first-order chi connectivity index (χ1) is 11.2. The predicted octanol–water partition coefficient (Wildman–Crippen LogP) is 2.22. The number of ether oxygens (including phenoxy) is 1. The van der Waals surface area contributed by atoms with E-state index in [0.717, 1.165) is 32.7 Å². The van der Waals surface area contributed by atoms with Crippen molar-refractivity contribution in [3.05, 3.63) is 27.9 Å². The van der Waals surface area contributed by atoms with E-state index in [-0.39, 0.29) is 6.10 Å². The van der Waals surface area contributed by atoms with E-state index < -0.39 is 0 Å². The highest BCUT2D eigenvalue weighted by Crippen LogP contribution is 2.36. The highest BCUT2D eigenvalue weighted by Gasteiger charge is 2.41. The minimum absolute atomic E-state index is 0.229. The van der Waals surface area contributed by atoms with Crippen molar-refractivity contribution >= 4 is 11.3 Å². The predicted molar refractivity (Wildman–Crippen MR) is 86.2 cm³/mol. The van der Waals surface area contributed by atoms with E-state index in [0.29, 0.717) is 23.6 Å². The Hall–Kier alpha value is -1.31. The number of piperidine rings is 1. The minimum atomic E-state index is 0.229. The van der Waals surface area contributed by atoms with Crippen LogP contribution in [0.3, 0.4) is 0 Å². The summed E-state index contributed by atoms with van der Waals surface area (Å²) >= 11 is 1.76. The number of aromatic nitrogens is 3. The number of thiazole rings is 1. The highest BCUT2D eigenvalue weighted by molar-refractivity contribution is 7.09. The van der Waals surface area contributed by atoms with Crippen LogP contribution in [0.2, 0.25) is 0 Å². The molecule has 124 valence electrons. The fourth-order valence-electron chi connectivity index (χ4n) is 3.79. The largest absolute Gasteiger partial charge is 0.425 e. The van der Waals surface area contributed by atoms with Gasteiger partial charge in [0.05, 0.1) is 30.3 Å². The third-order valence-corrected chi connectivity index (χ3v) is 5.95. The first kappa shape index (κ1) is 15.2. The molecule has 0 spiro atoms. The summed E-state index contributed by atoms with van der Waals surface area (Å²) in [5.74, 6) is 2.56. The molecule has 7 heteroatoms. The maximum atomic E-state index is 6.06. The molecule has 0 unspecified atom stereocenters. The Kier molecular flexibility index (Phi) is 4.17. The zero-order valence-corrected chi connectivity index (χ0v) is 14.4. The average Bonchev–Trinajstić information content (AvgIpc) is 3.23. The molecule has 2 aromatic heterocycles. The van der Waals surface area contributed by atoms with Crippen molar-refractivity contribution in [3.8, 4) is 0 Å². The van der Waals surface area contributed by atoms with Crippen molar-refractivity contribution < 1.29 is 9.15 Å². The lowest BCUT2D eigenvalue weighted by Crippen LogP contribution is -2.41. The van der Waals surface area contributed by atoms with Crippen LogP contribution in [0.4, 0.5) is 0 Å². The number of nitrogens with zero attached hydrogens (tertiary/aromatic N) is 4. The SMILES string of the molecule is Cc1nnc(C[C@@H]2OC[C@H]3CN(Cc4scnc4C)CC[C@H]32)o1. The summed E-state index contributed by atoms with van der Waals surface area (Å²) in [5.41, 5.74) is 3.11. The standard InChI is InChI=1S/C16H22N4O2S/c1-10-15(23-9-17-10)7-20-4-3-13-12(6-20)8-21-14(13)5-16-19-18-11(2)22-16/h9,12-14H,3-8H2,1-2H3/t12-,13-,14+/m1/s1. The number of fused-ring (bicyclic) bond motifs is 1. The van der Waals surface area contributed by atoms with Gasteiger partial charge in [-0.05, 0) is 25.8 Å². The van der Waals surface area contributed by atoms with Gasteiger partial charge in [-0.15, -0.1) is 21.5 Å². The molecule has 0 aromatic carbocycles. The Morgan fingerprint density at radius 3 is 3.00 bits per heavy atom. The molecular weight excluding hydrogens is 312 g/mol. The zero-order chi connectivity index (χ0) is 15.8. The van der Waals surface area contributed by atoms with Crippen LogP contribution in [-0.4, -0.2) is 45.9 Å². The van der Waals surface area contributed by atoms with Crippen LogP contribution < -0.4 is 0 Å². The maximum absolute atomic E-state index is 6.06.